The van der Waals surface area contributed by atoms with Crippen LogP contribution in [0.3, 0.4) is 0 Å². The van der Waals surface area contributed by atoms with E-state index < -0.39 is 5.97 Å². The summed E-state index contributed by atoms with van der Waals surface area (Å²) in [4.78, 5) is 23.4. The second-order valence-electron chi connectivity index (χ2n) is 9.15. The maximum Gasteiger partial charge on any atom is 0.309 e. The maximum absolute atomic E-state index is 12.4. The van der Waals surface area contributed by atoms with Gasteiger partial charge in [-0.15, -0.1) is 0 Å². The van der Waals surface area contributed by atoms with Crippen LogP contribution in [-0.4, -0.2) is 23.1 Å². The largest absolute Gasteiger partial charge is 0.481 e. The predicted octanol–water partition coefficient (Wildman–Crippen LogP) is 6.76. The number of carbonyl (C=O) groups excluding carboxylic acids is 1. The van der Waals surface area contributed by atoms with Crippen LogP contribution in [0.25, 0.3) is 0 Å². The molecule has 1 saturated carbocycles. The van der Waals surface area contributed by atoms with Crippen molar-refractivity contribution in [2.75, 3.05) is 0 Å². The highest BCUT2D eigenvalue weighted by atomic mass is 16.5. The van der Waals surface area contributed by atoms with Gasteiger partial charge in [0.05, 0.1) is 11.8 Å². The van der Waals surface area contributed by atoms with E-state index in [0.717, 1.165) is 25.2 Å². The maximum atomic E-state index is 12.4. The lowest BCUT2D eigenvalue weighted by Crippen LogP contribution is -2.29. The summed E-state index contributed by atoms with van der Waals surface area (Å²) in [6.45, 7) is 6.67. The first-order chi connectivity index (χ1) is 13.4. The molecule has 4 heteroatoms. The van der Waals surface area contributed by atoms with Crippen molar-refractivity contribution < 1.29 is 19.4 Å². The Hall–Kier alpha value is -1.06. The molecule has 0 spiro atoms. The zero-order valence-corrected chi connectivity index (χ0v) is 18.6. The van der Waals surface area contributed by atoms with Gasteiger partial charge in [-0.3, -0.25) is 9.59 Å². The molecule has 1 fully saturated rings. The Kier molecular flexibility index (Phi) is 13.3. The fraction of sp³-hybridized carbons (Fsp3) is 0.917. The number of hydrogen-bond acceptors (Lipinski definition) is 3. The summed E-state index contributed by atoms with van der Waals surface area (Å²) >= 11 is 0. The molecule has 1 N–H and O–H groups in total. The van der Waals surface area contributed by atoms with Crippen LogP contribution in [0.5, 0.6) is 0 Å². The highest BCUT2D eigenvalue weighted by Gasteiger charge is 2.31. The SMILES string of the molecule is CCC(CCCCCCCCCCC(C)C)OC(=O)C1CCC(C(=O)O)CC1. The first kappa shape index (κ1) is 25.0. The molecule has 1 atom stereocenters. The van der Waals surface area contributed by atoms with Crippen LogP contribution in [0.4, 0.5) is 0 Å². The van der Waals surface area contributed by atoms with Crippen LogP contribution in [0.2, 0.25) is 0 Å². The molecule has 4 nitrogen and oxygen atoms in total. The van der Waals surface area contributed by atoms with E-state index in [1.807, 2.05) is 0 Å². The topological polar surface area (TPSA) is 63.6 Å². The molecule has 0 radical (unpaired) electrons. The van der Waals surface area contributed by atoms with Gasteiger partial charge in [-0.2, -0.15) is 0 Å². The quantitative estimate of drug-likeness (QED) is 0.245. The third-order valence-corrected chi connectivity index (χ3v) is 6.21. The number of esters is 1. The zero-order valence-electron chi connectivity index (χ0n) is 18.6. The Bertz CT molecular complexity index is 424. The predicted molar refractivity (Wildman–Crippen MR) is 114 cm³/mol. The first-order valence-electron chi connectivity index (χ1n) is 11.9. The van der Waals surface area contributed by atoms with Crippen molar-refractivity contribution in [1.82, 2.24) is 0 Å². The lowest BCUT2D eigenvalue weighted by molar-refractivity contribution is -0.157. The van der Waals surface area contributed by atoms with Crippen molar-refractivity contribution in [2.45, 2.75) is 123 Å². The van der Waals surface area contributed by atoms with Gasteiger partial charge in [0, 0.05) is 0 Å². The Balaban J connectivity index is 2.05. The fourth-order valence-electron chi connectivity index (χ4n) is 4.17. The molecule has 0 aromatic heterocycles. The Morgan fingerprint density at radius 2 is 1.29 bits per heavy atom. The van der Waals surface area contributed by atoms with E-state index in [2.05, 4.69) is 20.8 Å². The molecule has 0 saturated heterocycles. The monoisotopic (exact) mass is 396 g/mol. The number of unbranched alkanes of at least 4 members (excludes halogenated alkanes) is 7. The summed E-state index contributed by atoms with van der Waals surface area (Å²) in [6, 6.07) is 0. The van der Waals surface area contributed by atoms with E-state index in [1.54, 1.807) is 0 Å². The number of rotatable bonds is 15. The zero-order chi connectivity index (χ0) is 20.8. The number of carboxylic acid groups (broad SMARTS) is 1. The van der Waals surface area contributed by atoms with E-state index in [0.29, 0.717) is 25.7 Å². The van der Waals surface area contributed by atoms with Crippen molar-refractivity contribution in [3.8, 4) is 0 Å². The lowest BCUT2D eigenvalue weighted by atomic mass is 9.82. The summed E-state index contributed by atoms with van der Waals surface area (Å²) in [5.41, 5.74) is 0. The molecule has 0 aliphatic heterocycles. The summed E-state index contributed by atoms with van der Waals surface area (Å²) in [6.07, 6.45) is 16.2. The second-order valence-corrected chi connectivity index (χ2v) is 9.15. The Labute approximate surface area is 172 Å². The van der Waals surface area contributed by atoms with Crippen LogP contribution < -0.4 is 0 Å². The molecular formula is C24H44O4. The van der Waals surface area contributed by atoms with Crippen LogP contribution in [0, 0.1) is 17.8 Å². The summed E-state index contributed by atoms with van der Waals surface area (Å²) < 4.78 is 5.74. The van der Waals surface area contributed by atoms with E-state index in [4.69, 9.17) is 9.84 Å². The molecule has 1 aliphatic carbocycles. The highest BCUT2D eigenvalue weighted by molar-refractivity contribution is 5.74. The number of carbonyl (C=O) groups is 2. The molecular weight excluding hydrogens is 352 g/mol. The normalized spacial score (nSPS) is 20.9. The number of ether oxygens (including phenoxy) is 1. The number of hydrogen-bond donors (Lipinski definition) is 1. The van der Waals surface area contributed by atoms with E-state index >= 15 is 0 Å². The van der Waals surface area contributed by atoms with Crippen LogP contribution in [0.1, 0.15) is 117 Å². The van der Waals surface area contributed by atoms with Crippen LogP contribution >= 0.6 is 0 Å². The van der Waals surface area contributed by atoms with Gasteiger partial charge < -0.3 is 9.84 Å². The van der Waals surface area contributed by atoms with Gasteiger partial charge in [0.2, 0.25) is 0 Å². The fourth-order valence-corrected chi connectivity index (χ4v) is 4.17. The molecule has 1 aliphatic rings. The summed E-state index contributed by atoms with van der Waals surface area (Å²) in [5, 5.41) is 9.06. The van der Waals surface area contributed by atoms with Gasteiger partial charge in [0.1, 0.15) is 6.10 Å². The molecule has 28 heavy (non-hydrogen) atoms. The molecule has 0 amide bonds. The second kappa shape index (κ2) is 14.9. The van der Waals surface area contributed by atoms with Gasteiger partial charge in [-0.25, -0.2) is 0 Å². The van der Waals surface area contributed by atoms with Crippen molar-refractivity contribution in [3.05, 3.63) is 0 Å². The van der Waals surface area contributed by atoms with Crippen molar-refractivity contribution in [3.63, 3.8) is 0 Å². The Morgan fingerprint density at radius 3 is 1.75 bits per heavy atom. The van der Waals surface area contributed by atoms with Crippen molar-refractivity contribution in [1.29, 1.82) is 0 Å². The van der Waals surface area contributed by atoms with Gasteiger partial charge in [0.25, 0.3) is 0 Å². The minimum absolute atomic E-state index is 0.0285. The minimum atomic E-state index is -0.728. The van der Waals surface area contributed by atoms with Crippen LogP contribution in [-0.2, 0) is 14.3 Å². The van der Waals surface area contributed by atoms with E-state index in [1.165, 1.54) is 51.4 Å². The van der Waals surface area contributed by atoms with Crippen molar-refractivity contribution in [2.24, 2.45) is 17.8 Å². The molecule has 1 rings (SSSR count). The Morgan fingerprint density at radius 1 is 0.821 bits per heavy atom. The third-order valence-electron chi connectivity index (χ3n) is 6.21. The average molecular weight is 397 g/mol. The molecule has 164 valence electrons. The van der Waals surface area contributed by atoms with Gasteiger partial charge >= 0.3 is 11.9 Å². The number of aliphatic carboxylic acids is 1. The van der Waals surface area contributed by atoms with Crippen LogP contribution in [0.15, 0.2) is 0 Å². The highest BCUT2D eigenvalue weighted by Crippen LogP contribution is 2.30. The molecule has 0 bridgehead atoms. The molecule has 0 aromatic rings. The molecule has 0 heterocycles. The van der Waals surface area contributed by atoms with Gasteiger partial charge in [-0.1, -0.05) is 72.1 Å². The van der Waals surface area contributed by atoms with E-state index in [9.17, 15) is 9.59 Å². The van der Waals surface area contributed by atoms with Crippen molar-refractivity contribution >= 4 is 11.9 Å². The lowest BCUT2D eigenvalue weighted by Gasteiger charge is -2.26. The standard InChI is InChI=1S/C24H44O4/c1-4-22(14-12-10-8-6-5-7-9-11-13-19(2)3)28-24(27)21-17-15-20(16-18-21)23(25)26/h19-22H,4-18H2,1-3H3,(H,25,26). The molecule has 1 unspecified atom stereocenters. The van der Waals surface area contributed by atoms with Gasteiger partial charge in [-0.05, 0) is 50.9 Å². The average Bonchev–Trinajstić information content (AvgIpc) is 2.68. The van der Waals surface area contributed by atoms with E-state index in [-0.39, 0.29) is 23.9 Å². The summed E-state index contributed by atoms with van der Waals surface area (Å²) in [7, 11) is 0. The third kappa shape index (κ3) is 11.1. The smallest absolute Gasteiger partial charge is 0.309 e. The minimum Gasteiger partial charge on any atom is -0.481 e. The molecule has 0 aromatic carbocycles. The number of carboxylic acids is 1. The van der Waals surface area contributed by atoms with Gasteiger partial charge in [0.15, 0.2) is 0 Å². The first-order valence-corrected chi connectivity index (χ1v) is 11.9. The summed E-state index contributed by atoms with van der Waals surface area (Å²) in [5.74, 6) is -0.368.